The van der Waals surface area contributed by atoms with Crippen molar-refractivity contribution < 1.29 is 9.32 Å². The molecule has 23 heavy (non-hydrogen) atoms. The number of hydrogen-bond acceptors (Lipinski definition) is 5. The number of nitrogens with two attached hydrogens (primary N) is 1. The van der Waals surface area contributed by atoms with Gasteiger partial charge in [-0.1, -0.05) is 19.0 Å². The highest BCUT2D eigenvalue weighted by Gasteiger charge is 2.37. The smallest absolute Gasteiger partial charge is 0.230 e. The molecule has 1 saturated heterocycles. The predicted octanol–water partition coefficient (Wildman–Crippen LogP) is 1.70. The van der Waals surface area contributed by atoms with Crippen LogP contribution >= 0.6 is 0 Å². The molecule has 0 atom stereocenters. The van der Waals surface area contributed by atoms with Crippen LogP contribution < -0.4 is 5.73 Å². The molecule has 1 amide bonds. The van der Waals surface area contributed by atoms with E-state index in [1.165, 1.54) is 5.56 Å². The Kier molecular flexibility index (Phi) is 5.81. The second-order valence-corrected chi connectivity index (χ2v) is 6.56. The first-order valence-corrected chi connectivity index (χ1v) is 8.61. The molecule has 1 aromatic heterocycles. The third-order valence-corrected chi connectivity index (χ3v) is 5.42. The molecule has 0 unspecified atom stereocenters. The van der Waals surface area contributed by atoms with Crippen LogP contribution in [-0.2, 0) is 11.3 Å². The zero-order chi connectivity index (χ0) is 17.0. The summed E-state index contributed by atoms with van der Waals surface area (Å²) in [5.41, 5.74) is 7.66. The highest BCUT2D eigenvalue weighted by atomic mass is 16.5. The largest absolute Gasteiger partial charge is 0.361 e. The topological polar surface area (TPSA) is 75.6 Å². The predicted molar refractivity (Wildman–Crippen MR) is 89.9 cm³/mol. The summed E-state index contributed by atoms with van der Waals surface area (Å²) in [6.07, 6.45) is 1.61. The van der Waals surface area contributed by atoms with Crippen LogP contribution in [0.3, 0.4) is 0 Å². The maximum Gasteiger partial charge on any atom is 0.230 e. The molecule has 0 spiro atoms. The van der Waals surface area contributed by atoms with Gasteiger partial charge in [0, 0.05) is 44.8 Å². The quantitative estimate of drug-likeness (QED) is 0.863. The Morgan fingerprint density at radius 2 is 1.83 bits per heavy atom. The molecule has 1 aliphatic heterocycles. The zero-order valence-electron chi connectivity index (χ0n) is 14.9. The van der Waals surface area contributed by atoms with Crippen molar-refractivity contribution in [2.75, 3.05) is 32.7 Å². The Morgan fingerprint density at radius 1 is 1.22 bits per heavy atom. The summed E-state index contributed by atoms with van der Waals surface area (Å²) in [6, 6.07) is 0. The van der Waals surface area contributed by atoms with Gasteiger partial charge in [-0.15, -0.1) is 0 Å². The highest BCUT2D eigenvalue weighted by Crippen LogP contribution is 2.28. The lowest BCUT2D eigenvalue weighted by molar-refractivity contribution is -0.144. The molecule has 6 heteroatoms. The van der Waals surface area contributed by atoms with Crippen LogP contribution in [0.1, 0.15) is 43.7 Å². The van der Waals surface area contributed by atoms with E-state index in [0.29, 0.717) is 6.54 Å². The number of aryl methyl sites for hydroxylation is 2. The molecule has 6 nitrogen and oxygen atoms in total. The number of aromatic nitrogens is 1. The molecule has 0 aromatic carbocycles. The Hall–Kier alpha value is -1.40. The summed E-state index contributed by atoms with van der Waals surface area (Å²) in [6.45, 7) is 12.6. The summed E-state index contributed by atoms with van der Waals surface area (Å²) in [7, 11) is 0. The van der Waals surface area contributed by atoms with Gasteiger partial charge >= 0.3 is 0 Å². The molecule has 2 rings (SSSR count). The highest BCUT2D eigenvalue weighted by molar-refractivity contribution is 5.83. The maximum atomic E-state index is 12.8. The fourth-order valence-electron chi connectivity index (χ4n) is 3.32. The van der Waals surface area contributed by atoms with Gasteiger partial charge in [0.15, 0.2) is 0 Å². The van der Waals surface area contributed by atoms with Gasteiger partial charge in [0.25, 0.3) is 0 Å². The maximum absolute atomic E-state index is 12.8. The van der Waals surface area contributed by atoms with Crippen LogP contribution in [0.4, 0.5) is 0 Å². The number of rotatable bonds is 6. The average Bonchev–Trinajstić information content (AvgIpc) is 2.89. The standard InChI is InChI=1S/C17H30N4O2/c1-5-17(6-2,12-18)16(22)21-9-7-20(8-10-21)11-15-13(3)19-23-14(15)4/h5-12,18H2,1-4H3. The lowest BCUT2D eigenvalue weighted by Crippen LogP contribution is -2.54. The lowest BCUT2D eigenvalue weighted by Gasteiger charge is -2.40. The number of hydrogen-bond donors (Lipinski definition) is 1. The third-order valence-electron chi connectivity index (χ3n) is 5.42. The van der Waals surface area contributed by atoms with Crippen molar-refractivity contribution in [2.45, 2.75) is 47.1 Å². The van der Waals surface area contributed by atoms with Gasteiger partial charge in [0.2, 0.25) is 5.91 Å². The van der Waals surface area contributed by atoms with Gasteiger partial charge in [0.05, 0.1) is 11.1 Å². The summed E-state index contributed by atoms with van der Waals surface area (Å²) in [5, 5.41) is 4.01. The van der Waals surface area contributed by atoms with Crippen molar-refractivity contribution in [1.82, 2.24) is 15.0 Å². The second-order valence-electron chi connectivity index (χ2n) is 6.56. The van der Waals surface area contributed by atoms with Crippen molar-refractivity contribution in [3.63, 3.8) is 0 Å². The van der Waals surface area contributed by atoms with E-state index in [1.54, 1.807) is 0 Å². The molecule has 0 saturated carbocycles. The normalized spacial score (nSPS) is 16.8. The molecular weight excluding hydrogens is 292 g/mol. The molecule has 1 aliphatic rings. The fourth-order valence-corrected chi connectivity index (χ4v) is 3.32. The monoisotopic (exact) mass is 322 g/mol. The SMILES string of the molecule is CCC(CC)(CN)C(=O)N1CCN(Cc2c(C)noc2C)CC1. The first kappa shape index (κ1) is 17.9. The number of carbonyl (C=O) groups is 1. The van der Waals surface area contributed by atoms with Gasteiger partial charge in [0.1, 0.15) is 5.76 Å². The number of piperazine rings is 1. The van der Waals surface area contributed by atoms with E-state index in [4.69, 9.17) is 10.3 Å². The number of nitrogens with zero attached hydrogens (tertiary/aromatic N) is 3. The van der Waals surface area contributed by atoms with Crippen molar-refractivity contribution in [3.05, 3.63) is 17.0 Å². The van der Waals surface area contributed by atoms with Gasteiger partial charge in [-0.2, -0.15) is 0 Å². The van der Waals surface area contributed by atoms with Crippen LogP contribution in [0.25, 0.3) is 0 Å². The van der Waals surface area contributed by atoms with Crippen LogP contribution in [0.2, 0.25) is 0 Å². The number of carbonyl (C=O) groups excluding carboxylic acids is 1. The van der Waals surface area contributed by atoms with Gasteiger partial charge < -0.3 is 15.2 Å². The molecule has 0 bridgehead atoms. The van der Waals surface area contributed by atoms with Crippen LogP contribution in [0.5, 0.6) is 0 Å². The molecule has 1 aromatic rings. The van der Waals surface area contributed by atoms with E-state index in [2.05, 4.69) is 23.9 Å². The Morgan fingerprint density at radius 3 is 2.26 bits per heavy atom. The van der Waals surface area contributed by atoms with E-state index in [0.717, 1.165) is 57.0 Å². The number of amides is 1. The van der Waals surface area contributed by atoms with Crippen LogP contribution in [-0.4, -0.2) is 53.6 Å². The lowest BCUT2D eigenvalue weighted by atomic mass is 9.81. The minimum atomic E-state index is -0.385. The first-order valence-electron chi connectivity index (χ1n) is 8.61. The molecule has 0 aliphatic carbocycles. The van der Waals surface area contributed by atoms with E-state index < -0.39 is 0 Å². The minimum Gasteiger partial charge on any atom is -0.361 e. The van der Waals surface area contributed by atoms with Gasteiger partial charge in [-0.05, 0) is 26.7 Å². The van der Waals surface area contributed by atoms with Crippen molar-refractivity contribution in [1.29, 1.82) is 0 Å². The van der Waals surface area contributed by atoms with E-state index in [9.17, 15) is 4.79 Å². The summed E-state index contributed by atoms with van der Waals surface area (Å²) in [4.78, 5) is 17.2. The van der Waals surface area contributed by atoms with Gasteiger partial charge in [-0.3, -0.25) is 9.69 Å². The minimum absolute atomic E-state index is 0.224. The second kappa shape index (κ2) is 7.45. The Labute approximate surface area is 139 Å². The Bertz CT molecular complexity index is 501. The molecule has 130 valence electrons. The van der Waals surface area contributed by atoms with Crippen molar-refractivity contribution in [3.8, 4) is 0 Å². The zero-order valence-corrected chi connectivity index (χ0v) is 14.9. The van der Waals surface area contributed by atoms with Crippen molar-refractivity contribution in [2.24, 2.45) is 11.1 Å². The van der Waals surface area contributed by atoms with Crippen molar-refractivity contribution >= 4 is 5.91 Å². The van der Waals surface area contributed by atoms with Crippen LogP contribution in [0.15, 0.2) is 4.52 Å². The molecule has 0 radical (unpaired) electrons. The molecular formula is C17H30N4O2. The van der Waals surface area contributed by atoms with Crippen LogP contribution in [0, 0.1) is 19.3 Å². The summed E-state index contributed by atoms with van der Waals surface area (Å²) >= 11 is 0. The van der Waals surface area contributed by atoms with E-state index in [1.807, 2.05) is 18.7 Å². The fraction of sp³-hybridized carbons (Fsp3) is 0.765. The first-order chi connectivity index (χ1) is 11.0. The Balaban J connectivity index is 1.94. The van der Waals surface area contributed by atoms with E-state index >= 15 is 0 Å². The average molecular weight is 322 g/mol. The van der Waals surface area contributed by atoms with Gasteiger partial charge in [-0.25, -0.2) is 0 Å². The summed E-state index contributed by atoms with van der Waals surface area (Å²) in [5.74, 6) is 1.11. The molecule has 2 heterocycles. The third kappa shape index (κ3) is 3.58. The van der Waals surface area contributed by atoms with E-state index in [-0.39, 0.29) is 11.3 Å². The summed E-state index contributed by atoms with van der Waals surface area (Å²) < 4.78 is 5.23. The molecule has 1 fully saturated rings. The molecule has 2 N–H and O–H groups in total.